The number of H-pyrrole nitrogens is 1. The van der Waals surface area contributed by atoms with E-state index in [-0.39, 0.29) is 29.4 Å². The first-order valence-electron chi connectivity index (χ1n) is 7.86. The average Bonchev–Trinajstić information content (AvgIpc) is 3.16. The van der Waals surface area contributed by atoms with Crippen molar-refractivity contribution in [2.24, 2.45) is 0 Å². The molecule has 1 aliphatic rings. The van der Waals surface area contributed by atoms with Gasteiger partial charge in [0.1, 0.15) is 4.83 Å². The lowest BCUT2D eigenvalue weighted by molar-refractivity contribution is 0.0940. The molecule has 25 heavy (non-hydrogen) atoms. The molecule has 0 radical (unpaired) electrons. The van der Waals surface area contributed by atoms with Crippen LogP contribution in [0.5, 0.6) is 11.5 Å². The van der Waals surface area contributed by atoms with Crippen LogP contribution in [0.2, 0.25) is 0 Å². The van der Waals surface area contributed by atoms with Gasteiger partial charge in [0, 0.05) is 11.4 Å². The number of aromatic hydroxyl groups is 2. The van der Waals surface area contributed by atoms with Gasteiger partial charge in [0.05, 0.1) is 5.39 Å². The molecule has 0 saturated heterocycles. The molecule has 0 fully saturated rings. The Hall–Kier alpha value is -2.87. The van der Waals surface area contributed by atoms with Crippen molar-refractivity contribution in [2.45, 2.75) is 25.8 Å². The van der Waals surface area contributed by atoms with Gasteiger partial charge in [0.2, 0.25) is 5.82 Å². The summed E-state index contributed by atoms with van der Waals surface area (Å²) in [5.74, 6) is -1.01. The van der Waals surface area contributed by atoms with Crippen LogP contribution < -0.4 is 10.9 Å². The molecular weight excluding hydrogens is 342 g/mol. The van der Waals surface area contributed by atoms with Gasteiger partial charge in [-0.3, -0.25) is 9.59 Å². The summed E-state index contributed by atoms with van der Waals surface area (Å²) in [6.45, 7) is 0.134. The Morgan fingerprint density at radius 3 is 2.92 bits per heavy atom. The molecule has 1 aromatic carbocycles. The maximum atomic E-state index is 12.4. The zero-order chi connectivity index (χ0) is 17.6. The maximum absolute atomic E-state index is 12.4. The van der Waals surface area contributed by atoms with Crippen LogP contribution in [0.25, 0.3) is 10.2 Å². The molecular formula is C17H15N3O4S. The highest BCUT2D eigenvalue weighted by molar-refractivity contribution is 7.18. The van der Waals surface area contributed by atoms with Crippen molar-refractivity contribution in [3.63, 3.8) is 0 Å². The van der Waals surface area contributed by atoms with Crippen LogP contribution in [0.3, 0.4) is 0 Å². The minimum absolute atomic E-state index is 0.0274. The monoisotopic (exact) mass is 357 g/mol. The molecule has 0 atom stereocenters. The quantitative estimate of drug-likeness (QED) is 0.534. The van der Waals surface area contributed by atoms with Crippen molar-refractivity contribution in [3.05, 3.63) is 50.4 Å². The highest BCUT2D eigenvalue weighted by Crippen LogP contribution is 2.34. The van der Waals surface area contributed by atoms with Crippen molar-refractivity contribution in [3.8, 4) is 11.5 Å². The SMILES string of the molecule is O=C(NCc1ccc(O)c(O)c1)c1nc2sc3c(c2c(=O)[nH]1)CCC3. The number of carbonyl (C=O) groups is 1. The summed E-state index contributed by atoms with van der Waals surface area (Å²) in [5.41, 5.74) is 1.40. The minimum atomic E-state index is -0.500. The molecule has 1 aliphatic carbocycles. The third-order valence-electron chi connectivity index (χ3n) is 4.28. The van der Waals surface area contributed by atoms with Crippen LogP contribution in [-0.4, -0.2) is 26.1 Å². The van der Waals surface area contributed by atoms with Gasteiger partial charge in [0.15, 0.2) is 11.5 Å². The van der Waals surface area contributed by atoms with Crippen LogP contribution in [0, 0.1) is 0 Å². The number of nitrogens with one attached hydrogen (secondary N) is 2. The number of aromatic nitrogens is 2. The molecule has 1 amide bonds. The van der Waals surface area contributed by atoms with E-state index < -0.39 is 5.91 Å². The van der Waals surface area contributed by atoms with Gasteiger partial charge in [0.25, 0.3) is 11.5 Å². The van der Waals surface area contributed by atoms with E-state index in [1.807, 2.05) is 0 Å². The molecule has 2 aromatic heterocycles. The first-order chi connectivity index (χ1) is 12.0. The number of hydrogen-bond acceptors (Lipinski definition) is 6. The van der Waals surface area contributed by atoms with Gasteiger partial charge in [-0.05, 0) is 42.5 Å². The Morgan fingerprint density at radius 1 is 1.28 bits per heavy atom. The Kier molecular flexibility index (Phi) is 3.69. The Balaban J connectivity index is 1.58. The van der Waals surface area contributed by atoms with Gasteiger partial charge in [-0.2, -0.15) is 0 Å². The summed E-state index contributed by atoms with van der Waals surface area (Å²) in [6, 6.07) is 4.29. The van der Waals surface area contributed by atoms with E-state index in [1.54, 1.807) is 6.07 Å². The summed E-state index contributed by atoms with van der Waals surface area (Å²) in [6.07, 6.45) is 2.90. The number of fused-ring (bicyclic) bond motifs is 3. The first-order valence-corrected chi connectivity index (χ1v) is 8.68. The highest BCUT2D eigenvalue weighted by atomic mass is 32.1. The van der Waals surface area contributed by atoms with E-state index >= 15 is 0 Å². The summed E-state index contributed by atoms with van der Waals surface area (Å²) < 4.78 is 0. The Labute approximate surface area is 146 Å². The van der Waals surface area contributed by atoms with Gasteiger partial charge in [-0.1, -0.05) is 6.07 Å². The third-order valence-corrected chi connectivity index (χ3v) is 5.47. The number of benzene rings is 1. The summed E-state index contributed by atoms with van der Waals surface area (Å²) >= 11 is 1.48. The predicted molar refractivity (Wildman–Crippen MR) is 93.2 cm³/mol. The van der Waals surface area contributed by atoms with Gasteiger partial charge in [-0.15, -0.1) is 11.3 Å². The molecule has 0 bridgehead atoms. The lowest BCUT2D eigenvalue weighted by Crippen LogP contribution is -2.27. The van der Waals surface area contributed by atoms with E-state index in [9.17, 15) is 19.8 Å². The van der Waals surface area contributed by atoms with Gasteiger partial charge >= 0.3 is 0 Å². The van der Waals surface area contributed by atoms with E-state index in [1.165, 1.54) is 28.3 Å². The number of carbonyl (C=O) groups excluding carboxylic acids is 1. The van der Waals surface area contributed by atoms with Crippen molar-refractivity contribution < 1.29 is 15.0 Å². The number of rotatable bonds is 3. The van der Waals surface area contributed by atoms with E-state index in [0.717, 1.165) is 24.8 Å². The maximum Gasteiger partial charge on any atom is 0.287 e. The minimum Gasteiger partial charge on any atom is -0.504 e. The topological polar surface area (TPSA) is 115 Å². The van der Waals surface area contributed by atoms with Crippen LogP contribution >= 0.6 is 11.3 Å². The second-order valence-electron chi connectivity index (χ2n) is 5.96. The van der Waals surface area contributed by atoms with Crippen molar-refractivity contribution in [1.82, 2.24) is 15.3 Å². The van der Waals surface area contributed by atoms with Crippen LogP contribution in [0.4, 0.5) is 0 Å². The van der Waals surface area contributed by atoms with E-state index in [2.05, 4.69) is 15.3 Å². The number of aryl methyl sites for hydroxylation is 2. The molecule has 0 saturated carbocycles. The number of thiophene rings is 1. The van der Waals surface area contributed by atoms with Gasteiger partial charge in [-0.25, -0.2) is 4.98 Å². The molecule has 4 rings (SSSR count). The average molecular weight is 357 g/mol. The number of nitrogens with zero attached hydrogens (tertiary/aromatic N) is 1. The molecule has 8 heteroatoms. The van der Waals surface area contributed by atoms with Crippen molar-refractivity contribution in [2.75, 3.05) is 0 Å². The molecule has 0 aliphatic heterocycles. The molecule has 0 spiro atoms. The van der Waals surface area contributed by atoms with Crippen LogP contribution in [-0.2, 0) is 19.4 Å². The lowest BCUT2D eigenvalue weighted by Gasteiger charge is -2.06. The predicted octanol–water partition coefficient (Wildman–Crippen LogP) is 1.81. The standard InChI is InChI=1S/C17H15N3O4S/c21-10-5-4-8(6-11(10)22)7-18-16(24)14-19-15(23)13-9-2-1-3-12(9)25-17(13)20-14/h4-6,21-22H,1-3,7H2,(H,18,24)(H,19,20,23). The fraction of sp³-hybridized carbons (Fsp3) is 0.235. The second-order valence-corrected chi connectivity index (χ2v) is 7.04. The second kappa shape index (κ2) is 5.89. The van der Waals surface area contributed by atoms with Gasteiger partial charge < -0.3 is 20.5 Å². The number of amides is 1. The normalized spacial score (nSPS) is 13.1. The summed E-state index contributed by atoms with van der Waals surface area (Å²) in [7, 11) is 0. The lowest BCUT2D eigenvalue weighted by atomic mass is 10.2. The molecule has 3 aromatic rings. The Morgan fingerprint density at radius 2 is 2.12 bits per heavy atom. The highest BCUT2D eigenvalue weighted by Gasteiger charge is 2.22. The van der Waals surface area contributed by atoms with E-state index in [4.69, 9.17) is 0 Å². The summed E-state index contributed by atoms with van der Waals surface area (Å²) in [4.78, 5) is 33.3. The smallest absolute Gasteiger partial charge is 0.287 e. The van der Waals surface area contributed by atoms with Crippen molar-refractivity contribution >= 4 is 27.5 Å². The number of phenolic OH excluding ortho intramolecular Hbond substituents is 2. The molecule has 4 N–H and O–H groups in total. The van der Waals surface area contributed by atoms with Crippen molar-refractivity contribution in [1.29, 1.82) is 0 Å². The zero-order valence-corrected chi connectivity index (χ0v) is 13.9. The first kappa shape index (κ1) is 15.6. The van der Waals surface area contributed by atoms with Crippen LogP contribution in [0.1, 0.15) is 33.0 Å². The summed E-state index contributed by atoms with van der Waals surface area (Å²) in [5, 5.41) is 22.0. The number of phenols is 2. The fourth-order valence-electron chi connectivity index (χ4n) is 3.05. The van der Waals surface area contributed by atoms with Crippen LogP contribution in [0.15, 0.2) is 23.0 Å². The molecule has 2 heterocycles. The molecule has 0 unspecified atom stereocenters. The third kappa shape index (κ3) is 2.74. The largest absolute Gasteiger partial charge is 0.504 e. The zero-order valence-electron chi connectivity index (χ0n) is 13.1. The number of aromatic amines is 1. The number of hydrogen-bond donors (Lipinski definition) is 4. The fourth-order valence-corrected chi connectivity index (χ4v) is 4.32. The molecule has 7 nitrogen and oxygen atoms in total. The molecule has 128 valence electrons. The van der Waals surface area contributed by atoms with E-state index in [0.29, 0.717) is 15.8 Å². The Bertz CT molecular complexity index is 1050.